The van der Waals surface area contributed by atoms with Crippen molar-refractivity contribution in [3.05, 3.63) is 0 Å². The van der Waals surface area contributed by atoms with Gasteiger partial charge in [0.25, 0.3) is 0 Å². The molecule has 0 saturated carbocycles. The summed E-state index contributed by atoms with van der Waals surface area (Å²) in [4.78, 5) is 4.69. The maximum atomic E-state index is 12.4. The second-order valence-corrected chi connectivity index (χ2v) is 5.75. The smallest absolute Gasteiger partial charge is 0.0988 e. The summed E-state index contributed by atoms with van der Waals surface area (Å²) in [5, 5.41) is 12.4. The molecule has 0 aromatic carbocycles. The molecule has 3 nitrogen and oxygen atoms in total. The van der Waals surface area contributed by atoms with Crippen LogP contribution in [0.1, 0.15) is 25.7 Å². The van der Waals surface area contributed by atoms with E-state index in [9.17, 15) is 5.11 Å². The van der Waals surface area contributed by atoms with Gasteiger partial charge in [0.15, 0.2) is 0 Å². The molecule has 93 valence electrons. The standard InChI is InChI=1S/C13H25N2O/c1-14-7-3-11(4-8-14)13(16)12-5-9-15(2)10-6-12/h11-13H,3-10H2,1-2H3. The zero-order chi connectivity index (χ0) is 11.5. The fraction of sp³-hybridized carbons (Fsp3) is 1.00. The summed E-state index contributed by atoms with van der Waals surface area (Å²) in [6, 6.07) is 0. The van der Waals surface area contributed by atoms with Crippen LogP contribution in [0.4, 0.5) is 0 Å². The SMILES string of the molecule is CN1CCC(C([O])C2CCN(C)CC2)CC1. The summed E-state index contributed by atoms with van der Waals surface area (Å²) in [5.41, 5.74) is 0. The van der Waals surface area contributed by atoms with Gasteiger partial charge in [-0.1, -0.05) is 0 Å². The minimum absolute atomic E-state index is 0.289. The van der Waals surface area contributed by atoms with Crippen LogP contribution in [0, 0.1) is 11.8 Å². The molecule has 0 aromatic heterocycles. The lowest BCUT2D eigenvalue weighted by atomic mass is 9.80. The van der Waals surface area contributed by atoms with Gasteiger partial charge < -0.3 is 9.80 Å². The minimum atomic E-state index is -0.289. The van der Waals surface area contributed by atoms with Crippen LogP contribution < -0.4 is 0 Å². The van der Waals surface area contributed by atoms with Crippen LogP contribution in [0.2, 0.25) is 0 Å². The summed E-state index contributed by atoms with van der Waals surface area (Å²) in [6.45, 7) is 4.48. The van der Waals surface area contributed by atoms with E-state index in [1.807, 2.05) is 0 Å². The Labute approximate surface area is 99.4 Å². The van der Waals surface area contributed by atoms with Gasteiger partial charge in [-0.15, -0.1) is 0 Å². The number of likely N-dealkylation sites (tertiary alicyclic amines) is 2. The number of rotatable bonds is 2. The Kier molecular flexibility index (Phi) is 4.22. The first-order valence-electron chi connectivity index (χ1n) is 6.69. The number of piperidine rings is 2. The third-order valence-electron chi connectivity index (χ3n) is 4.46. The highest BCUT2D eigenvalue weighted by atomic mass is 16.3. The van der Waals surface area contributed by atoms with Gasteiger partial charge in [0.2, 0.25) is 0 Å². The minimum Gasteiger partial charge on any atom is -0.306 e. The maximum absolute atomic E-state index is 12.4. The van der Waals surface area contributed by atoms with Gasteiger partial charge in [-0.25, -0.2) is 5.11 Å². The predicted octanol–water partition coefficient (Wildman–Crippen LogP) is 1.47. The first-order valence-corrected chi connectivity index (χ1v) is 6.69. The number of hydrogen-bond acceptors (Lipinski definition) is 2. The topological polar surface area (TPSA) is 26.4 Å². The monoisotopic (exact) mass is 225 g/mol. The molecular formula is C13H25N2O. The van der Waals surface area contributed by atoms with Crippen LogP contribution in [0.3, 0.4) is 0 Å². The van der Waals surface area contributed by atoms with Crippen LogP contribution in [0.15, 0.2) is 0 Å². The third-order valence-corrected chi connectivity index (χ3v) is 4.46. The van der Waals surface area contributed by atoms with E-state index in [4.69, 9.17) is 0 Å². The van der Waals surface area contributed by atoms with Crippen LogP contribution in [0.5, 0.6) is 0 Å². The van der Waals surface area contributed by atoms with Crippen LogP contribution in [-0.4, -0.2) is 56.2 Å². The molecule has 1 radical (unpaired) electrons. The number of nitrogens with zero attached hydrogens (tertiary/aromatic N) is 2. The molecular weight excluding hydrogens is 200 g/mol. The Bertz CT molecular complexity index is 184. The van der Waals surface area contributed by atoms with E-state index in [1.54, 1.807) is 0 Å². The van der Waals surface area contributed by atoms with E-state index >= 15 is 0 Å². The quantitative estimate of drug-likeness (QED) is 0.711. The molecule has 2 fully saturated rings. The Hall–Kier alpha value is -0.120. The summed E-state index contributed by atoms with van der Waals surface area (Å²) in [6.07, 6.45) is 4.20. The molecule has 0 aliphatic carbocycles. The summed E-state index contributed by atoms with van der Waals surface area (Å²) >= 11 is 0. The molecule has 0 aromatic rings. The lowest BCUT2D eigenvalue weighted by Crippen LogP contribution is -2.41. The van der Waals surface area contributed by atoms with E-state index in [2.05, 4.69) is 23.9 Å². The molecule has 2 aliphatic heterocycles. The largest absolute Gasteiger partial charge is 0.306 e. The molecule has 2 saturated heterocycles. The lowest BCUT2D eigenvalue weighted by molar-refractivity contribution is -0.0455. The van der Waals surface area contributed by atoms with Crippen molar-refractivity contribution in [1.82, 2.24) is 9.80 Å². The molecule has 0 amide bonds. The Morgan fingerprint density at radius 3 is 1.44 bits per heavy atom. The average molecular weight is 225 g/mol. The third kappa shape index (κ3) is 2.96. The van der Waals surface area contributed by atoms with E-state index < -0.39 is 0 Å². The van der Waals surface area contributed by atoms with Crippen LogP contribution >= 0.6 is 0 Å². The summed E-state index contributed by atoms with van der Waals surface area (Å²) < 4.78 is 0. The van der Waals surface area contributed by atoms with Crippen molar-refractivity contribution in [1.29, 1.82) is 0 Å². The first-order chi connectivity index (χ1) is 7.66. The van der Waals surface area contributed by atoms with E-state index in [1.165, 1.54) is 0 Å². The molecule has 0 bridgehead atoms. The van der Waals surface area contributed by atoms with Crippen LogP contribution in [0.25, 0.3) is 0 Å². The van der Waals surface area contributed by atoms with Crippen molar-refractivity contribution in [2.45, 2.75) is 31.8 Å². The first kappa shape index (κ1) is 12.3. The van der Waals surface area contributed by atoms with E-state index in [0.29, 0.717) is 11.8 Å². The van der Waals surface area contributed by atoms with Crippen molar-refractivity contribution in [2.24, 2.45) is 11.8 Å². The van der Waals surface area contributed by atoms with Gasteiger partial charge >= 0.3 is 0 Å². The van der Waals surface area contributed by atoms with Crippen molar-refractivity contribution in [3.63, 3.8) is 0 Å². The van der Waals surface area contributed by atoms with Crippen LogP contribution in [-0.2, 0) is 5.11 Å². The molecule has 0 unspecified atom stereocenters. The zero-order valence-electron chi connectivity index (χ0n) is 10.7. The second-order valence-electron chi connectivity index (χ2n) is 5.75. The van der Waals surface area contributed by atoms with Gasteiger partial charge in [0.1, 0.15) is 0 Å². The molecule has 0 spiro atoms. The van der Waals surface area contributed by atoms with Gasteiger partial charge in [-0.2, -0.15) is 0 Å². The highest BCUT2D eigenvalue weighted by Crippen LogP contribution is 2.30. The molecule has 3 heteroatoms. The highest BCUT2D eigenvalue weighted by Gasteiger charge is 2.32. The van der Waals surface area contributed by atoms with Gasteiger partial charge in [0, 0.05) is 0 Å². The van der Waals surface area contributed by atoms with E-state index in [-0.39, 0.29) is 6.10 Å². The maximum Gasteiger partial charge on any atom is 0.0988 e. The average Bonchev–Trinajstić information content (AvgIpc) is 2.30. The molecule has 0 N–H and O–H groups in total. The predicted molar refractivity (Wildman–Crippen MR) is 64.9 cm³/mol. The Morgan fingerprint density at radius 2 is 1.12 bits per heavy atom. The van der Waals surface area contributed by atoms with Gasteiger partial charge in [-0.05, 0) is 77.8 Å². The molecule has 16 heavy (non-hydrogen) atoms. The second kappa shape index (κ2) is 5.48. The normalized spacial score (nSPS) is 27.8. The zero-order valence-corrected chi connectivity index (χ0v) is 10.7. The summed E-state index contributed by atoms with van der Waals surface area (Å²) in [5.74, 6) is 0.897. The molecule has 2 aliphatic rings. The fourth-order valence-electron chi connectivity index (χ4n) is 3.10. The fourth-order valence-corrected chi connectivity index (χ4v) is 3.10. The molecule has 0 atom stereocenters. The van der Waals surface area contributed by atoms with Gasteiger partial charge in [-0.3, -0.25) is 0 Å². The Morgan fingerprint density at radius 1 is 0.812 bits per heavy atom. The lowest BCUT2D eigenvalue weighted by Gasteiger charge is -2.37. The van der Waals surface area contributed by atoms with Crippen molar-refractivity contribution >= 4 is 0 Å². The number of hydrogen-bond donors (Lipinski definition) is 0. The van der Waals surface area contributed by atoms with Crippen molar-refractivity contribution in [3.8, 4) is 0 Å². The van der Waals surface area contributed by atoms with Gasteiger partial charge in [0.05, 0.1) is 6.10 Å². The Balaban J connectivity index is 1.80. The summed E-state index contributed by atoms with van der Waals surface area (Å²) in [7, 11) is 4.32. The van der Waals surface area contributed by atoms with E-state index in [0.717, 1.165) is 51.9 Å². The molecule has 2 rings (SSSR count). The van der Waals surface area contributed by atoms with Crippen molar-refractivity contribution in [2.75, 3.05) is 40.3 Å². The van der Waals surface area contributed by atoms with Crippen molar-refractivity contribution < 1.29 is 5.11 Å². The highest BCUT2D eigenvalue weighted by molar-refractivity contribution is 4.83. The molecule has 2 heterocycles.